The molecule has 1 aromatic heterocycles. The molecule has 1 aliphatic carbocycles. The highest BCUT2D eigenvalue weighted by atomic mass is 16.3. The van der Waals surface area contributed by atoms with E-state index in [2.05, 4.69) is 10.3 Å². The van der Waals surface area contributed by atoms with Gasteiger partial charge in [-0.3, -0.25) is 4.79 Å². The summed E-state index contributed by atoms with van der Waals surface area (Å²) in [6, 6.07) is 0.307. The lowest BCUT2D eigenvalue weighted by Gasteiger charge is -2.32. The molecule has 0 radical (unpaired) electrons. The van der Waals surface area contributed by atoms with Gasteiger partial charge in [0, 0.05) is 24.5 Å². The van der Waals surface area contributed by atoms with Crippen molar-refractivity contribution in [2.45, 2.75) is 44.9 Å². The number of aromatic nitrogens is 2. The molecule has 0 unspecified atom stereocenters. The second kappa shape index (κ2) is 4.25. The average molecular weight is 223 g/mol. The number of rotatable bonds is 3. The summed E-state index contributed by atoms with van der Waals surface area (Å²) in [5.74, 6) is 0.383. The topological polar surface area (TPSA) is 67.2 Å². The maximum absolute atomic E-state index is 11.9. The highest BCUT2D eigenvalue weighted by Gasteiger charge is 2.27. The van der Waals surface area contributed by atoms with Crippen molar-refractivity contribution in [1.82, 2.24) is 9.55 Å². The smallest absolute Gasteiger partial charge is 0.293 e. The van der Waals surface area contributed by atoms with E-state index >= 15 is 0 Å². The van der Waals surface area contributed by atoms with E-state index < -0.39 is 0 Å². The van der Waals surface area contributed by atoms with E-state index in [4.69, 9.17) is 5.11 Å². The van der Waals surface area contributed by atoms with Crippen molar-refractivity contribution < 1.29 is 5.11 Å². The van der Waals surface area contributed by atoms with Crippen LogP contribution in [0.2, 0.25) is 0 Å². The highest BCUT2D eigenvalue weighted by molar-refractivity contribution is 5.33. The second-order valence-electron chi connectivity index (χ2n) is 4.55. The predicted octanol–water partition coefficient (Wildman–Crippen LogP) is 0.759. The summed E-state index contributed by atoms with van der Waals surface area (Å²) in [7, 11) is 0. The van der Waals surface area contributed by atoms with Gasteiger partial charge in [-0.25, -0.2) is 4.98 Å². The summed E-state index contributed by atoms with van der Waals surface area (Å²) in [6.45, 7) is 3.91. The van der Waals surface area contributed by atoms with Crippen LogP contribution in [0.3, 0.4) is 0 Å². The first kappa shape index (κ1) is 11.1. The molecule has 1 aromatic rings. The number of aliphatic hydroxyl groups excluding tert-OH is 1. The zero-order valence-corrected chi connectivity index (χ0v) is 9.55. The average Bonchev–Trinajstić information content (AvgIpc) is 2.18. The third-order valence-corrected chi connectivity index (χ3v) is 2.88. The number of nitrogens with zero attached hydrogens (tertiary/aromatic N) is 2. The zero-order valence-electron chi connectivity index (χ0n) is 9.55. The molecule has 1 saturated carbocycles. The van der Waals surface area contributed by atoms with Crippen LogP contribution in [0.1, 0.15) is 32.7 Å². The molecule has 88 valence electrons. The van der Waals surface area contributed by atoms with Crippen LogP contribution >= 0.6 is 0 Å². The molecule has 1 heterocycles. The largest absolute Gasteiger partial charge is 0.393 e. The molecule has 0 saturated heterocycles. The van der Waals surface area contributed by atoms with E-state index in [1.807, 2.05) is 13.8 Å². The molecule has 2 N–H and O–H groups in total. The maximum Gasteiger partial charge on any atom is 0.293 e. The summed E-state index contributed by atoms with van der Waals surface area (Å²) in [5.41, 5.74) is -0.0983. The van der Waals surface area contributed by atoms with Gasteiger partial charge in [0.25, 0.3) is 5.56 Å². The van der Waals surface area contributed by atoms with Crippen LogP contribution < -0.4 is 10.9 Å². The lowest BCUT2D eigenvalue weighted by molar-refractivity contribution is 0.0834. The van der Waals surface area contributed by atoms with Crippen molar-refractivity contribution in [2.24, 2.45) is 0 Å². The Hall–Kier alpha value is -1.36. The summed E-state index contributed by atoms with van der Waals surface area (Å²) >= 11 is 0. The molecule has 0 atom stereocenters. The molecule has 16 heavy (non-hydrogen) atoms. The van der Waals surface area contributed by atoms with Gasteiger partial charge in [-0.15, -0.1) is 0 Å². The summed E-state index contributed by atoms with van der Waals surface area (Å²) < 4.78 is 1.64. The minimum absolute atomic E-state index is 0.0983. The minimum Gasteiger partial charge on any atom is -0.393 e. The Morgan fingerprint density at radius 3 is 2.81 bits per heavy atom. The predicted molar refractivity (Wildman–Crippen MR) is 61.5 cm³/mol. The van der Waals surface area contributed by atoms with E-state index in [1.54, 1.807) is 17.0 Å². The molecule has 0 aliphatic heterocycles. The molecule has 1 aliphatic rings. The van der Waals surface area contributed by atoms with Gasteiger partial charge in [0.1, 0.15) is 0 Å². The second-order valence-corrected chi connectivity index (χ2v) is 4.55. The number of nitrogens with one attached hydrogen (secondary N) is 1. The van der Waals surface area contributed by atoms with Crippen LogP contribution in [0, 0.1) is 0 Å². The SMILES string of the molecule is CC(C)n1ccnc(NC2CC(O)C2)c1=O. The van der Waals surface area contributed by atoms with Crippen LogP contribution in [-0.2, 0) is 0 Å². The van der Waals surface area contributed by atoms with Crippen molar-refractivity contribution in [3.8, 4) is 0 Å². The fourth-order valence-electron chi connectivity index (χ4n) is 1.83. The van der Waals surface area contributed by atoms with Gasteiger partial charge in [-0.05, 0) is 26.7 Å². The Bertz CT molecular complexity index is 421. The number of anilines is 1. The van der Waals surface area contributed by atoms with Gasteiger partial charge < -0.3 is 15.0 Å². The molecule has 0 spiro atoms. The summed E-state index contributed by atoms with van der Waals surface area (Å²) in [5, 5.41) is 12.2. The van der Waals surface area contributed by atoms with Crippen molar-refractivity contribution in [2.75, 3.05) is 5.32 Å². The first-order valence-electron chi connectivity index (χ1n) is 5.59. The lowest BCUT2D eigenvalue weighted by atomic mass is 9.90. The summed E-state index contributed by atoms with van der Waals surface area (Å²) in [4.78, 5) is 16.0. The van der Waals surface area contributed by atoms with E-state index in [0.717, 1.165) is 0 Å². The monoisotopic (exact) mass is 223 g/mol. The normalized spacial score (nSPS) is 24.2. The minimum atomic E-state index is -0.228. The summed E-state index contributed by atoms with van der Waals surface area (Å²) in [6.07, 6.45) is 4.47. The highest BCUT2D eigenvalue weighted by Crippen LogP contribution is 2.21. The lowest BCUT2D eigenvalue weighted by Crippen LogP contribution is -2.41. The number of aliphatic hydroxyl groups is 1. The standard InChI is InChI=1S/C11H17N3O2/c1-7(2)14-4-3-12-10(11(14)16)13-8-5-9(15)6-8/h3-4,7-9,15H,5-6H2,1-2H3,(H,12,13). The van der Waals surface area contributed by atoms with E-state index in [1.165, 1.54) is 0 Å². The Morgan fingerprint density at radius 2 is 2.25 bits per heavy atom. The first-order chi connectivity index (χ1) is 7.58. The van der Waals surface area contributed by atoms with Gasteiger partial charge >= 0.3 is 0 Å². The molecular weight excluding hydrogens is 206 g/mol. The zero-order chi connectivity index (χ0) is 11.7. The third kappa shape index (κ3) is 2.09. The van der Waals surface area contributed by atoms with Crippen molar-refractivity contribution >= 4 is 5.82 Å². The van der Waals surface area contributed by atoms with Gasteiger partial charge in [0.15, 0.2) is 5.82 Å². The molecule has 0 bridgehead atoms. The molecule has 0 amide bonds. The van der Waals surface area contributed by atoms with Gasteiger partial charge in [-0.1, -0.05) is 0 Å². The molecular formula is C11H17N3O2. The van der Waals surface area contributed by atoms with Crippen LogP contribution in [-0.4, -0.2) is 26.8 Å². The Labute approximate surface area is 94.1 Å². The van der Waals surface area contributed by atoms with Crippen LogP contribution in [0.25, 0.3) is 0 Å². The fourth-order valence-corrected chi connectivity index (χ4v) is 1.83. The van der Waals surface area contributed by atoms with Crippen molar-refractivity contribution in [3.05, 3.63) is 22.7 Å². The van der Waals surface area contributed by atoms with Crippen LogP contribution in [0.15, 0.2) is 17.2 Å². The van der Waals surface area contributed by atoms with Crippen molar-refractivity contribution in [3.63, 3.8) is 0 Å². The molecule has 2 rings (SSSR count). The van der Waals surface area contributed by atoms with Crippen molar-refractivity contribution in [1.29, 1.82) is 0 Å². The van der Waals surface area contributed by atoms with Crippen LogP contribution in [0.5, 0.6) is 0 Å². The van der Waals surface area contributed by atoms with E-state index in [0.29, 0.717) is 18.7 Å². The van der Waals surface area contributed by atoms with Gasteiger partial charge in [0.05, 0.1) is 6.10 Å². The maximum atomic E-state index is 11.9. The Balaban J connectivity index is 2.15. The molecule has 5 heteroatoms. The number of hydrogen-bond donors (Lipinski definition) is 2. The molecule has 1 fully saturated rings. The fraction of sp³-hybridized carbons (Fsp3) is 0.636. The Kier molecular flexibility index (Phi) is 2.96. The number of hydrogen-bond acceptors (Lipinski definition) is 4. The van der Waals surface area contributed by atoms with E-state index in [-0.39, 0.29) is 23.7 Å². The Morgan fingerprint density at radius 1 is 1.56 bits per heavy atom. The van der Waals surface area contributed by atoms with Gasteiger partial charge in [0.2, 0.25) is 0 Å². The quantitative estimate of drug-likeness (QED) is 0.794. The van der Waals surface area contributed by atoms with Gasteiger partial charge in [-0.2, -0.15) is 0 Å². The molecule has 0 aromatic carbocycles. The first-order valence-corrected chi connectivity index (χ1v) is 5.59. The third-order valence-electron chi connectivity index (χ3n) is 2.88. The van der Waals surface area contributed by atoms with E-state index in [9.17, 15) is 4.79 Å². The van der Waals surface area contributed by atoms with Crippen LogP contribution in [0.4, 0.5) is 5.82 Å². The molecule has 5 nitrogen and oxygen atoms in total.